The molecule has 8 heteroatoms. The number of nitriles is 1. The van der Waals surface area contributed by atoms with Crippen LogP contribution < -0.4 is 17.0 Å². The van der Waals surface area contributed by atoms with Crippen LogP contribution in [0, 0.1) is 21.4 Å². The van der Waals surface area contributed by atoms with Crippen molar-refractivity contribution in [3.8, 4) is 6.07 Å². The summed E-state index contributed by atoms with van der Waals surface area (Å²) in [5, 5.41) is 19.4. The summed E-state index contributed by atoms with van der Waals surface area (Å²) in [4.78, 5) is 25.8. The van der Waals surface area contributed by atoms with Gasteiger partial charge >= 0.3 is 5.69 Å². The molecule has 0 saturated carbocycles. The first-order valence-corrected chi connectivity index (χ1v) is 5.63. The number of aromatic nitrogens is 2. The molecule has 0 amide bonds. The van der Waals surface area contributed by atoms with Crippen molar-refractivity contribution in [3.05, 3.63) is 64.2 Å². The lowest BCUT2D eigenvalue weighted by molar-refractivity contribution is -0.686. The summed E-state index contributed by atoms with van der Waals surface area (Å²) in [5.41, 5.74) is 0.544. The van der Waals surface area contributed by atoms with Gasteiger partial charge in [0.1, 0.15) is 6.20 Å². The molecule has 1 aromatic heterocycles. The van der Waals surface area contributed by atoms with Gasteiger partial charge in [0.05, 0.1) is 11.1 Å². The lowest BCUT2D eigenvalue weighted by Crippen LogP contribution is -3.00. The molecule has 7 nitrogen and oxygen atoms in total. The van der Waals surface area contributed by atoms with Gasteiger partial charge in [0.2, 0.25) is 12.3 Å². The maximum absolute atomic E-state index is 12.0. The predicted molar refractivity (Wildman–Crippen MR) is 66.6 cm³/mol. The second kappa shape index (κ2) is 7.07. The number of non-ortho nitro benzene ring substituents is 1. The van der Waals surface area contributed by atoms with E-state index in [1.807, 2.05) is 6.07 Å². The minimum absolute atomic E-state index is 0. The molecule has 0 fully saturated rings. The van der Waals surface area contributed by atoms with Gasteiger partial charge in [-0.05, 0) is 12.1 Å². The molecule has 0 aliphatic rings. The van der Waals surface area contributed by atoms with Crippen LogP contribution in [-0.2, 0) is 6.54 Å². The first kappa shape index (κ1) is 16.2. The molecule has 0 spiro atoms. The summed E-state index contributed by atoms with van der Waals surface area (Å²) < 4.78 is 1.47. The van der Waals surface area contributed by atoms with Crippen molar-refractivity contribution in [1.82, 2.24) is 4.98 Å². The molecular formula is C13H9ClN4O3. The summed E-state index contributed by atoms with van der Waals surface area (Å²) in [5.74, 6) is -0.243. The molecule has 2 rings (SSSR count). The fraction of sp³-hybridized carbons (Fsp3) is 0.0769. The molecule has 0 bridgehead atoms. The maximum atomic E-state index is 12.0. The minimum atomic E-state index is -0.528. The van der Waals surface area contributed by atoms with Gasteiger partial charge in [0, 0.05) is 17.7 Å². The van der Waals surface area contributed by atoms with Gasteiger partial charge in [0.25, 0.3) is 5.69 Å². The van der Waals surface area contributed by atoms with Gasteiger partial charge in [-0.3, -0.25) is 19.9 Å². The molecule has 2 aromatic rings. The molecule has 0 N–H and O–H groups in total. The van der Waals surface area contributed by atoms with Crippen LogP contribution in [0.15, 0.2) is 42.9 Å². The normalized spacial score (nSPS) is 9.29. The molecule has 1 aromatic carbocycles. The average molecular weight is 305 g/mol. The Labute approximate surface area is 126 Å². The van der Waals surface area contributed by atoms with E-state index in [-0.39, 0.29) is 36.1 Å². The number of nitro benzene ring substituents is 1. The zero-order chi connectivity index (χ0) is 14.5. The number of ketones is 1. The van der Waals surface area contributed by atoms with E-state index in [0.29, 0.717) is 5.56 Å². The van der Waals surface area contributed by atoms with E-state index in [0.717, 1.165) is 0 Å². The predicted octanol–water partition coefficient (Wildman–Crippen LogP) is -1.96. The quantitative estimate of drug-likeness (QED) is 0.282. The molecular weight excluding hydrogens is 296 g/mol. The standard InChI is InChI=1S/C13H9N4O3.ClH/c14-7-12-8-15-5-6-16(12)9-13(18)10-1-3-11(4-2-10)17(19)20;/h1-6,8H,9H2;1H/q+1;/p-1. The number of Topliss-reactive ketones (excluding diaryl/α,β-unsaturated/α-hetero) is 1. The Bertz CT molecular complexity index is 710. The van der Waals surface area contributed by atoms with E-state index in [2.05, 4.69) is 4.98 Å². The number of carbonyl (C=O) groups excluding carboxylic acids is 1. The second-order valence-electron chi connectivity index (χ2n) is 3.93. The average Bonchev–Trinajstić information content (AvgIpc) is 2.48. The molecule has 0 unspecified atom stereocenters. The highest BCUT2D eigenvalue weighted by molar-refractivity contribution is 5.95. The molecule has 1 heterocycles. The van der Waals surface area contributed by atoms with Crippen LogP contribution in [0.25, 0.3) is 0 Å². The molecule has 0 atom stereocenters. The van der Waals surface area contributed by atoms with Gasteiger partial charge < -0.3 is 12.4 Å². The second-order valence-corrected chi connectivity index (χ2v) is 3.93. The van der Waals surface area contributed by atoms with Gasteiger partial charge in [-0.25, -0.2) is 0 Å². The van der Waals surface area contributed by atoms with E-state index in [1.54, 1.807) is 0 Å². The lowest BCUT2D eigenvalue weighted by Gasteiger charge is -1.99. The summed E-state index contributed by atoms with van der Waals surface area (Å²) in [6.45, 7) is -0.0246. The molecule has 0 saturated heterocycles. The van der Waals surface area contributed by atoms with Crippen molar-refractivity contribution in [2.45, 2.75) is 6.54 Å². The van der Waals surface area contributed by atoms with E-state index < -0.39 is 4.92 Å². The minimum Gasteiger partial charge on any atom is -1.00 e. The van der Waals surface area contributed by atoms with Crippen molar-refractivity contribution in [1.29, 1.82) is 5.26 Å². The first-order chi connectivity index (χ1) is 9.61. The van der Waals surface area contributed by atoms with Crippen molar-refractivity contribution in [2.24, 2.45) is 0 Å². The zero-order valence-electron chi connectivity index (χ0n) is 10.6. The Morgan fingerprint density at radius 1 is 1.38 bits per heavy atom. The molecule has 0 radical (unpaired) electrons. The molecule has 0 aliphatic carbocycles. The number of nitro groups is 1. The van der Waals surface area contributed by atoms with Crippen LogP contribution in [0.4, 0.5) is 5.69 Å². The Morgan fingerprint density at radius 2 is 2.05 bits per heavy atom. The Hall–Kier alpha value is -2.85. The molecule has 0 aliphatic heterocycles. The van der Waals surface area contributed by atoms with Crippen LogP contribution in [0.3, 0.4) is 0 Å². The van der Waals surface area contributed by atoms with Crippen LogP contribution in [-0.4, -0.2) is 15.7 Å². The first-order valence-electron chi connectivity index (χ1n) is 5.63. The summed E-state index contributed by atoms with van der Waals surface area (Å²) >= 11 is 0. The third kappa shape index (κ3) is 3.81. The maximum Gasteiger partial charge on any atom is 0.302 e. The fourth-order valence-corrected chi connectivity index (χ4v) is 1.63. The van der Waals surface area contributed by atoms with Crippen molar-refractivity contribution >= 4 is 11.5 Å². The highest BCUT2D eigenvalue weighted by atomic mass is 35.5. The number of hydrogen-bond acceptors (Lipinski definition) is 5. The lowest BCUT2D eigenvalue weighted by atomic mass is 10.1. The largest absolute Gasteiger partial charge is 1.00 e. The van der Waals surface area contributed by atoms with Crippen molar-refractivity contribution < 1.29 is 26.7 Å². The SMILES string of the molecule is N#Cc1cncc[n+]1CC(=O)c1ccc([N+](=O)[O-])cc1.[Cl-]. The van der Waals surface area contributed by atoms with E-state index in [1.165, 1.54) is 47.4 Å². The van der Waals surface area contributed by atoms with Crippen LogP contribution in [0.1, 0.15) is 16.1 Å². The summed E-state index contributed by atoms with van der Waals surface area (Å²) in [6.07, 6.45) is 4.37. The number of hydrogen-bond donors (Lipinski definition) is 0. The Kier molecular flexibility index (Phi) is 5.46. The smallest absolute Gasteiger partial charge is 0.302 e. The summed E-state index contributed by atoms with van der Waals surface area (Å²) in [7, 11) is 0. The van der Waals surface area contributed by atoms with E-state index in [9.17, 15) is 14.9 Å². The highest BCUT2D eigenvalue weighted by Crippen LogP contribution is 2.12. The molecule has 106 valence electrons. The Balaban J connectivity index is 0.00000220. The number of nitrogens with zero attached hydrogens (tertiary/aromatic N) is 4. The van der Waals surface area contributed by atoms with Crippen LogP contribution in [0.5, 0.6) is 0 Å². The van der Waals surface area contributed by atoms with Crippen LogP contribution >= 0.6 is 0 Å². The van der Waals surface area contributed by atoms with Crippen molar-refractivity contribution in [3.63, 3.8) is 0 Å². The zero-order valence-corrected chi connectivity index (χ0v) is 11.4. The monoisotopic (exact) mass is 304 g/mol. The van der Waals surface area contributed by atoms with Gasteiger partial charge in [-0.2, -0.15) is 9.83 Å². The van der Waals surface area contributed by atoms with E-state index >= 15 is 0 Å². The fourth-order valence-electron chi connectivity index (χ4n) is 1.63. The topological polar surface area (TPSA) is 101 Å². The number of carbonyl (C=O) groups is 1. The number of halogens is 1. The Morgan fingerprint density at radius 3 is 2.62 bits per heavy atom. The van der Waals surface area contributed by atoms with E-state index in [4.69, 9.17) is 5.26 Å². The highest BCUT2D eigenvalue weighted by Gasteiger charge is 2.17. The van der Waals surface area contributed by atoms with Gasteiger partial charge in [0.15, 0.2) is 12.3 Å². The summed E-state index contributed by atoms with van der Waals surface area (Å²) in [6, 6.07) is 7.28. The van der Waals surface area contributed by atoms with Gasteiger partial charge in [-0.1, -0.05) is 0 Å². The van der Waals surface area contributed by atoms with Crippen molar-refractivity contribution in [2.75, 3.05) is 0 Å². The van der Waals surface area contributed by atoms with Crippen LogP contribution in [0.2, 0.25) is 0 Å². The number of rotatable bonds is 4. The van der Waals surface area contributed by atoms with Gasteiger partial charge in [-0.15, -0.1) is 0 Å². The molecule has 21 heavy (non-hydrogen) atoms. The third-order valence-electron chi connectivity index (χ3n) is 2.67. The third-order valence-corrected chi connectivity index (χ3v) is 2.67. The number of benzene rings is 1.